The topological polar surface area (TPSA) is 43.6 Å². The second-order valence-corrected chi connectivity index (χ2v) is 12.0. The highest BCUT2D eigenvalue weighted by Gasteiger charge is 2.21. The van der Waals surface area contributed by atoms with E-state index in [1.54, 1.807) is 0 Å². The molecule has 0 aliphatic heterocycles. The van der Waals surface area contributed by atoms with Crippen molar-refractivity contribution in [2.45, 2.75) is 6.42 Å². The highest BCUT2D eigenvalue weighted by molar-refractivity contribution is 6.18. The SMILES string of the molecule is C1=Cc2cccc3cc4c(c(c23)C1)c1ccccc1n4-c1ccc(-c2cc3cccnc3c3ncccc23)c(-c2ccccn2)c1. The second kappa shape index (κ2) is 9.68. The Labute approximate surface area is 264 Å². The Morgan fingerprint density at radius 2 is 1.35 bits per heavy atom. The van der Waals surface area contributed by atoms with Crippen LogP contribution >= 0.6 is 0 Å². The van der Waals surface area contributed by atoms with Crippen LogP contribution in [0.5, 0.6) is 0 Å². The lowest BCUT2D eigenvalue weighted by Gasteiger charge is -2.17. The number of rotatable bonds is 3. The Kier molecular flexibility index (Phi) is 5.31. The van der Waals surface area contributed by atoms with E-state index in [1.807, 2.05) is 36.8 Å². The summed E-state index contributed by atoms with van der Waals surface area (Å²) in [5.74, 6) is 0. The van der Waals surface area contributed by atoms with Gasteiger partial charge in [0.15, 0.2) is 0 Å². The van der Waals surface area contributed by atoms with E-state index in [9.17, 15) is 0 Å². The first-order valence-corrected chi connectivity index (χ1v) is 15.7. The van der Waals surface area contributed by atoms with Crippen molar-refractivity contribution in [3.05, 3.63) is 151 Å². The summed E-state index contributed by atoms with van der Waals surface area (Å²) in [6.45, 7) is 0. The van der Waals surface area contributed by atoms with Crippen molar-refractivity contribution in [2.75, 3.05) is 0 Å². The smallest absolute Gasteiger partial charge is 0.0970 e. The number of hydrogen-bond donors (Lipinski definition) is 0. The van der Waals surface area contributed by atoms with Crippen LogP contribution in [-0.4, -0.2) is 19.5 Å². The Morgan fingerprint density at radius 1 is 0.522 bits per heavy atom. The van der Waals surface area contributed by atoms with Crippen molar-refractivity contribution in [2.24, 2.45) is 0 Å². The van der Waals surface area contributed by atoms with Gasteiger partial charge in [0, 0.05) is 51.4 Å². The Hall–Kier alpha value is -6.13. The molecule has 1 aliphatic rings. The lowest BCUT2D eigenvalue weighted by Crippen LogP contribution is -1.99. The molecule has 0 saturated carbocycles. The molecule has 4 nitrogen and oxygen atoms in total. The minimum Gasteiger partial charge on any atom is -0.309 e. The van der Waals surface area contributed by atoms with Crippen LogP contribution in [0, 0.1) is 0 Å². The van der Waals surface area contributed by atoms with Crippen LogP contribution in [-0.2, 0) is 6.42 Å². The van der Waals surface area contributed by atoms with Crippen LogP contribution in [0.15, 0.2) is 140 Å². The van der Waals surface area contributed by atoms with Gasteiger partial charge in [-0.15, -0.1) is 0 Å². The number of allylic oxidation sites excluding steroid dienone is 1. The third kappa shape index (κ3) is 3.58. The molecule has 4 heterocycles. The summed E-state index contributed by atoms with van der Waals surface area (Å²) in [6, 6.07) is 41.3. The molecule has 0 spiro atoms. The average molecular weight is 587 g/mol. The monoisotopic (exact) mass is 586 g/mol. The van der Waals surface area contributed by atoms with Crippen molar-refractivity contribution >= 4 is 60.5 Å². The fourth-order valence-electron chi connectivity index (χ4n) is 7.61. The first-order valence-electron chi connectivity index (χ1n) is 15.7. The van der Waals surface area contributed by atoms with E-state index < -0.39 is 0 Å². The summed E-state index contributed by atoms with van der Waals surface area (Å²) in [5.41, 5.74) is 12.3. The third-order valence-corrected chi connectivity index (χ3v) is 9.51. The number of para-hydroxylation sites is 1. The zero-order valence-electron chi connectivity index (χ0n) is 24.9. The Bertz CT molecular complexity index is 2720. The average Bonchev–Trinajstić information content (AvgIpc) is 3.46. The minimum atomic E-state index is 0.906. The molecule has 4 heteroatoms. The predicted molar refractivity (Wildman–Crippen MR) is 190 cm³/mol. The van der Waals surface area contributed by atoms with Crippen LogP contribution in [0.4, 0.5) is 0 Å². The quantitative estimate of drug-likeness (QED) is 0.194. The van der Waals surface area contributed by atoms with E-state index >= 15 is 0 Å². The van der Waals surface area contributed by atoms with Gasteiger partial charge in [-0.3, -0.25) is 15.0 Å². The van der Waals surface area contributed by atoms with Gasteiger partial charge in [0.25, 0.3) is 0 Å². The molecule has 10 rings (SSSR count). The minimum absolute atomic E-state index is 0.906. The largest absolute Gasteiger partial charge is 0.309 e. The van der Waals surface area contributed by atoms with Crippen LogP contribution in [0.3, 0.4) is 0 Å². The molecule has 0 unspecified atom stereocenters. The van der Waals surface area contributed by atoms with Crippen molar-refractivity contribution in [1.82, 2.24) is 19.5 Å². The summed E-state index contributed by atoms with van der Waals surface area (Å²) in [6.07, 6.45) is 11.0. The van der Waals surface area contributed by atoms with E-state index in [4.69, 9.17) is 15.0 Å². The maximum atomic E-state index is 4.87. The zero-order chi connectivity index (χ0) is 30.2. The summed E-state index contributed by atoms with van der Waals surface area (Å²) >= 11 is 0. The van der Waals surface area contributed by atoms with Crippen molar-refractivity contribution in [3.8, 4) is 28.1 Å². The molecule has 46 heavy (non-hydrogen) atoms. The summed E-state index contributed by atoms with van der Waals surface area (Å²) in [7, 11) is 0. The predicted octanol–water partition coefficient (Wildman–Crippen LogP) is 10.3. The van der Waals surface area contributed by atoms with Crippen LogP contribution in [0.1, 0.15) is 11.1 Å². The molecule has 0 saturated heterocycles. The van der Waals surface area contributed by atoms with Gasteiger partial charge in [-0.05, 0) is 94.0 Å². The van der Waals surface area contributed by atoms with Crippen LogP contribution in [0.25, 0.3) is 88.5 Å². The van der Waals surface area contributed by atoms with Crippen molar-refractivity contribution in [1.29, 1.82) is 0 Å². The van der Waals surface area contributed by atoms with Crippen molar-refractivity contribution in [3.63, 3.8) is 0 Å². The number of benzene rings is 5. The summed E-state index contributed by atoms with van der Waals surface area (Å²) in [5, 5.41) is 7.40. The summed E-state index contributed by atoms with van der Waals surface area (Å²) < 4.78 is 2.44. The molecule has 4 aromatic heterocycles. The molecule has 0 atom stereocenters. The van der Waals surface area contributed by atoms with Gasteiger partial charge < -0.3 is 4.57 Å². The highest BCUT2D eigenvalue weighted by atomic mass is 15.0. The van der Waals surface area contributed by atoms with Crippen LogP contribution in [0.2, 0.25) is 0 Å². The molecule has 0 N–H and O–H groups in total. The lowest BCUT2D eigenvalue weighted by atomic mass is 9.89. The van der Waals surface area contributed by atoms with E-state index in [-0.39, 0.29) is 0 Å². The van der Waals surface area contributed by atoms with E-state index in [0.717, 1.165) is 56.3 Å². The van der Waals surface area contributed by atoms with Gasteiger partial charge >= 0.3 is 0 Å². The molecule has 214 valence electrons. The normalized spacial score (nSPS) is 12.6. The molecular weight excluding hydrogens is 560 g/mol. The van der Waals surface area contributed by atoms with Gasteiger partial charge in [0.05, 0.1) is 27.8 Å². The van der Waals surface area contributed by atoms with Gasteiger partial charge in [-0.1, -0.05) is 72.8 Å². The Morgan fingerprint density at radius 3 is 2.28 bits per heavy atom. The first kappa shape index (κ1) is 25.2. The van der Waals surface area contributed by atoms with Gasteiger partial charge in [-0.2, -0.15) is 0 Å². The molecule has 0 amide bonds. The van der Waals surface area contributed by atoms with E-state index in [2.05, 4.69) is 114 Å². The van der Waals surface area contributed by atoms with E-state index in [0.29, 0.717) is 0 Å². The maximum absolute atomic E-state index is 4.87. The number of pyridine rings is 3. The molecule has 9 aromatic rings. The Balaban J connectivity index is 1.30. The highest BCUT2D eigenvalue weighted by Crippen LogP contribution is 2.43. The maximum Gasteiger partial charge on any atom is 0.0970 e. The zero-order valence-corrected chi connectivity index (χ0v) is 24.9. The van der Waals surface area contributed by atoms with Gasteiger partial charge in [-0.25, -0.2) is 0 Å². The molecule has 0 bridgehead atoms. The molecular formula is C42H26N4. The number of fused-ring (bicyclic) bond motifs is 7. The number of aromatic nitrogens is 4. The molecule has 0 fully saturated rings. The number of hydrogen-bond acceptors (Lipinski definition) is 3. The van der Waals surface area contributed by atoms with Crippen LogP contribution < -0.4 is 0 Å². The molecule has 5 aromatic carbocycles. The van der Waals surface area contributed by atoms with E-state index in [1.165, 1.54) is 43.7 Å². The molecule has 1 aliphatic carbocycles. The molecule has 0 radical (unpaired) electrons. The fraction of sp³-hybridized carbons (Fsp3) is 0.0238. The van der Waals surface area contributed by atoms with Gasteiger partial charge in [0.1, 0.15) is 0 Å². The van der Waals surface area contributed by atoms with Crippen molar-refractivity contribution < 1.29 is 0 Å². The summed E-state index contributed by atoms with van der Waals surface area (Å²) in [4.78, 5) is 14.3. The third-order valence-electron chi connectivity index (χ3n) is 9.51. The fourth-order valence-corrected chi connectivity index (χ4v) is 7.61. The van der Waals surface area contributed by atoms with Gasteiger partial charge in [0.2, 0.25) is 0 Å². The first-order chi connectivity index (χ1) is 22.8. The lowest BCUT2D eigenvalue weighted by molar-refractivity contribution is 1.18. The standard InChI is InChI=1S/C42H26N4/c1-2-17-37-32(13-1)40-33-14-6-10-26-9-5-11-27(39(26)33)24-38(40)46(37)29-18-19-30(35(25-29)36-16-3-4-20-43-36)34-23-28-12-7-21-44-41(28)42-31(34)15-8-22-45-42/h1-13,15-25H,14H2. The number of nitrogens with zero attached hydrogens (tertiary/aromatic N) is 4. The second-order valence-electron chi connectivity index (χ2n) is 12.0.